The first-order chi connectivity index (χ1) is 16.4. The summed E-state index contributed by atoms with van der Waals surface area (Å²) in [6.45, 7) is 3.82. The Morgan fingerprint density at radius 1 is 0.735 bits per heavy atom. The average Bonchev–Trinajstić information content (AvgIpc) is 3.15. The standard InChI is InChI=1S/C24H27N5O5/c1-13-21-24(26-16-11-19(32-5)22(34-7)20(12-16)33-6)27-23(28-29(21)14(2)25-13)15-8-9-17(30-3)18(10-15)31-4/h8-12H,1-7H3,(H,26,27,28). The number of methoxy groups -OCH3 is 5. The highest BCUT2D eigenvalue weighted by Crippen LogP contribution is 2.41. The molecule has 0 saturated heterocycles. The highest BCUT2D eigenvalue weighted by Gasteiger charge is 2.19. The lowest BCUT2D eigenvalue weighted by Crippen LogP contribution is -2.06. The van der Waals surface area contributed by atoms with Gasteiger partial charge >= 0.3 is 0 Å². The van der Waals surface area contributed by atoms with Crippen molar-refractivity contribution in [3.8, 4) is 40.1 Å². The van der Waals surface area contributed by atoms with Gasteiger partial charge in [-0.15, -0.1) is 5.10 Å². The number of fused-ring (bicyclic) bond motifs is 1. The molecule has 10 nitrogen and oxygen atoms in total. The Labute approximate surface area is 197 Å². The molecule has 2 heterocycles. The van der Waals surface area contributed by atoms with E-state index in [2.05, 4.69) is 10.3 Å². The maximum atomic E-state index is 5.49. The summed E-state index contributed by atoms with van der Waals surface area (Å²) in [7, 11) is 7.89. The highest BCUT2D eigenvalue weighted by molar-refractivity contribution is 5.79. The van der Waals surface area contributed by atoms with Crippen molar-refractivity contribution in [2.75, 3.05) is 40.9 Å². The summed E-state index contributed by atoms with van der Waals surface area (Å²) >= 11 is 0. The monoisotopic (exact) mass is 465 g/mol. The Bertz CT molecular complexity index is 1330. The molecule has 0 radical (unpaired) electrons. The van der Waals surface area contributed by atoms with Crippen molar-refractivity contribution in [2.45, 2.75) is 13.8 Å². The largest absolute Gasteiger partial charge is 0.493 e. The van der Waals surface area contributed by atoms with Gasteiger partial charge in [-0.2, -0.15) is 0 Å². The van der Waals surface area contributed by atoms with Crippen LogP contribution in [0.2, 0.25) is 0 Å². The Kier molecular flexibility index (Phi) is 6.31. The summed E-state index contributed by atoms with van der Waals surface area (Å²) in [6.07, 6.45) is 0. The second-order valence-electron chi connectivity index (χ2n) is 7.40. The van der Waals surface area contributed by atoms with Crippen molar-refractivity contribution >= 4 is 17.0 Å². The van der Waals surface area contributed by atoms with E-state index in [9.17, 15) is 0 Å². The van der Waals surface area contributed by atoms with Crippen molar-refractivity contribution in [3.63, 3.8) is 0 Å². The van der Waals surface area contributed by atoms with Gasteiger partial charge in [-0.05, 0) is 32.0 Å². The summed E-state index contributed by atoms with van der Waals surface area (Å²) < 4.78 is 29.0. The van der Waals surface area contributed by atoms with E-state index in [0.29, 0.717) is 46.1 Å². The molecule has 4 rings (SSSR count). The highest BCUT2D eigenvalue weighted by atomic mass is 16.5. The van der Waals surface area contributed by atoms with Crippen LogP contribution in [0.1, 0.15) is 11.5 Å². The van der Waals surface area contributed by atoms with Gasteiger partial charge in [-0.1, -0.05) is 0 Å². The molecule has 2 aromatic carbocycles. The first-order valence-corrected chi connectivity index (χ1v) is 10.5. The van der Waals surface area contributed by atoms with E-state index in [1.165, 1.54) is 0 Å². The van der Waals surface area contributed by atoms with Crippen LogP contribution < -0.4 is 29.0 Å². The fourth-order valence-corrected chi connectivity index (χ4v) is 3.80. The number of aryl methyl sites for hydroxylation is 2. The van der Waals surface area contributed by atoms with Gasteiger partial charge < -0.3 is 29.0 Å². The van der Waals surface area contributed by atoms with Gasteiger partial charge in [0.05, 0.1) is 41.2 Å². The fourth-order valence-electron chi connectivity index (χ4n) is 3.80. The lowest BCUT2D eigenvalue weighted by atomic mass is 10.2. The number of benzene rings is 2. The third-order valence-electron chi connectivity index (χ3n) is 5.40. The average molecular weight is 466 g/mol. The smallest absolute Gasteiger partial charge is 0.203 e. The van der Waals surface area contributed by atoms with Crippen molar-refractivity contribution in [1.29, 1.82) is 0 Å². The van der Waals surface area contributed by atoms with Crippen LogP contribution in [0.15, 0.2) is 30.3 Å². The maximum Gasteiger partial charge on any atom is 0.203 e. The zero-order chi connectivity index (χ0) is 24.4. The van der Waals surface area contributed by atoms with Gasteiger partial charge in [0.2, 0.25) is 5.75 Å². The molecule has 0 aliphatic heterocycles. The second kappa shape index (κ2) is 9.34. The molecule has 0 amide bonds. The molecular formula is C24H27N5O5. The minimum Gasteiger partial charge on any atom is -0.493 e. The molecule has 0 aliphatic carbocycles. The first kappa shape index (κ1) is 23.0. The van der Waals surface area contributed by atoms with E-state index < -0.39 is 0 Å². The van der Waals surface area contributed by atoms with Gasteiger partial charge in [-0.25, -0.2) is 14.5 Å². The van der Waals surface area contributed by atoms with Gasteiger partial charge in [-0.3, -0.25) is 0 Å². The van der Waals surface area contributed by atoms with Crippen LogP contribution in [-0.2, 0) is 0 Å². The molecular weight excluding hydrogens is 438 g/mol. The minimum atomic E-state index is 0.490. The van der Waals surface area contributed by atoms with Crippen molar-refractivity contribution in [3.05, 3.63) is 41.9 Å². The molecule has 178 valence electrons. The minimum absolute atomic E-state index is 0.490. The Morgan fingerprint density at radius 3 is 1.97 bits per heavy atom. The number of nitrogens with one attached hydrogen (secondary N) is 1. The molecule has 2 aromatic heterocycles. The third kappa shape index (κ3) is 3.98. The fraction of sp³-hybridized carbons (Fsp3) is 0.292. The molecule has 0 saturated carbocycles. The first-order valence-electron chi connectivity index (χ1n) is 10.5. The normalized spacial score (nSPS) is 10.8. The van der Waals surface area contributed by atoms with Crippen LogP contribution in [0.3, 0.4) is 0 Å². The van der Waals surface area contributed by atoms with Crippen molar-refractivity contribution < 1.29 is 23.7 Å². The van der Waals surface area contributed by atoms with E-state index >= 15 is 0 Å². The summed E-state index contributed by atoms with van der Waals surface area (Å²) in [5, 5.41) is 8.11. The molecule has 0 unspecified atom stereocenters. The molecule has 0 bridgehead atoms. The number of rotatable bonds is 8. The maximum absolute atomic E-state index is 5.49. The molecule has 4 aromatic rings. The Balaban J connectivity index is 1.88. The van der Waals surface area contributed by atoms with Gasteiger partial charge in [0, 0.05) is 23.4 Å². The molecule has 0 atom stereocenters. The number of aromatic nitrogens is 4. The second-order valence-corrected chi connectivity index (χ2v) is 7.40. The van der Waals surface area contributed by atoms with Crippen LogP contribution in [-0.4, -0.2) is 55.1 Å². The molecule has 0 aliphatic rings. The number of ether oxygens (including phenoxy) is 5. The Morgan fingerprint density at radius 2 is 1.38 bits per heavy atom. The predicted molar refractivity (Wildman–Crippen MR) is 128 cm³/mol. The zero-order valence-electron chi connectivity index (χ0n) is 20.2. The van der Waals surface area contributed by atoms with Gasteiger partial charge in [0.1, 0.15) is 11.3 Å². The molecule has 34 heavy (non-hydrogen) atoms. The number of imidazole rings is 1. The topological polar surface area (TPSA) is 101 Å². The Hall–Kier alpha value is -4.21. The van der Waals surface area contributed by atoms with E-state index in [4.69, 9.17) is 33.8 Å². The number of anilines is 2. The van der Waals surface area contributed by atoms with Gasteiger partial charge in [0.15, 0.2) is 34.6 Å². The van der Waals surface area contributed by atoms with E-state index in [1.54, 1.807) is 40.1 Å². The molecule has 0 spiro atoms. The summed E-state index contributed by atoms with van der Waals surface area (Å²) in [6, 6.07) is 9.16. The van der Waals surface area contributed by atoms with Crippen LogP contribution >= 0.6 is 0 Å². The van der Waals surface area contributed by atoms with E-state index in [-0.39, 0.29) is 0 Å². The van der Waals surface area contributed by atoms with E-state index in [0.717, 1.165) is 22.6 Å². The van der Waals surface area contributed by atoms with Crippen LogP contribution in [0.4, 0.5) is 11.5 Å². The summed E-state index contributed by atoms with van der Waals surface area (Å²) in [5.41, 5.74) is 3.02. The van der Waals surface area contributed by atoms with Crippen molar-refractivity contribution in [2.24, 2.45) is 0 Å². The third-order valence-corrected chi connectivity index (χ3v) is 5.40. The lowest BCUT2D eigenvalue weighted by Gasteiger charge is -2.16. The molecule has 0 fully saturated rings. The van der Waals surface area contributed by atoms with Crippen molar-refractivity contribution in [1.82, 2.24) is 19.6 Å². The number of hydrogen-bond acceptors (Lipinski definition) is 9. The summed E-state index contributed by atoms with van der Waals surface area (Å²) in [4.78, 5) is 9.42. The molecule has 10 heteroatoms. The van der Waals surface area contributed by atoms with Crippen LogP contribution in [0, 0.1) is 13.8 Å². The zero-order valence-corrected chi connectivity index (χ0v) is 20.2. The number of nitrogens with zero attached hydrogens (tertiary/aromatic N) is 4. The number of hydrogen-bond donors (Lipinski definition) is 1. The van der Waals surface area contributed by atoms with Crippen LogP contribution in [0.25, 0.3) is 16.9 Å². The van der Waals surface area contributed by atoms with Gasteiger partial charge in [0.25, 0.3) is 0 Å². The quantitative estimate of drug-likeness (QED) is 0.410. The molecule has 1 N–H and O–H groups in total. The summed E-state index contributed by atoms with van der Waals surface area (Å²) in [5.74, 6) is 4.57. The lowest BCUT2D eigenvalue weighted by molar-refractivity contribution is 0.324. The SMILES string of the molecule is COc1ccc(-c2nc(Nc3cc(OC)c(OC)c(OC)c3)c3c(C)nc(C)n3n2)cc1OC. The van der Waals surface area contributed by atoms with E-state index in [1.807, 2.05) is 44.2 Å². The van der Waals surface area contributed by atoms with Crippen LogP contribution in [0.5, 0.6) is 28.7 Å². The predicted octanol–water partition coefficient (Wildman–Crippen LogP) is 4.19.